The zero-order chi connectivity index (χ0) is 17.6. The van der Waals surface area contributed by atoms with Gasteiger partial charge in [0, 0.05) is 25.8 Å². The lowest BCUT2D eigenvalue weighted by molar-refractivity contribution is 0.322. The fourth-order valence-electron chi connectivity index (χ4n) is 2.50. The standard InChI is InChI=1S/C16H26N4O3S/c1-4-18-15(19-8-10-23-14-6-5-7-17-12-14)20-9-11-24(21,22)16(2,3)13-20/h5-7,12H,4,8-11,13H2,1-3H3,(H,18,19). The van der Waals surface area contributed by atoms with Crippen molar-refractivity contribution in [3.05, 3.63) is 24.5 Å². The summed E-state index contributed by atoms with van der Waals surface area (Å²) in [7, 11) is -3.06. The number of nitrogens with zero attached hydrogens (tertiary/aromatic N) is 3. The first-order valence-corrected chi connectivity index (χ1v) is 9.79. The fourth-order valence-corrected chi connectivity index (χ4v) is 3.86. The number of pyridine rings is 1. The second-order valence-corrected chi connectivity index (χ2v) is 9.02. The van der Waals surface area contributed by atoms with Crippen LogP contribution < -0.4 is 10.1 Å². The SMILES string of the molecule is CCNC(=NCCOc1cccnc1)N1CCS(=O)(=O)C(C)(C)C1. The molecule has 1 aromatic heterocycles. The number of nitrogens with one attached hydrogen (secondary N) is 1. The van der Waals surface area contributed by atoms with E-state index in [2.05, 4.69) is 15.3 Å². The quantitative estimate of drug-likeness (QED) is 0.481. The maximum absolute atomic E-state index is 12.1. The first kappa shape index (κ1) is 18.5. The molecule has 0 spiro atoms. The summed E-state index contributed by atoms with van der Waals surface area (Å²) < 4.78 is 29.1. The molecule has 8 heteroatoms. The smallest absolute Gasteiger partial charge is 0.194 e. The number of hydrogen-bond donors (Lipinski definition) is 1. The Morgan fingerprint density at radius 1 is 1.50 bits per heavy atom. The van der Waals surface area contributed by atoms with Crippen LogP contribution >= 0.6 is 0 Å². The molecule has 1 N–H and O–H groups in total. The van der Waals surface area contributed by atoms with Crippen LogP contribution in [0.5, 0.6) is 5.75 Å². The van der Waals surface area contributed by atoms with Crippen molar-refractivity contribution >= 4 is 15.8 Å². The van der Waals surface area contributed by atoms with Gasteiger partial charge in [0.05, 0.1) is 23.2 Å². The van der Waals surface area contributed by atoms with Gasteiger partial charge < -0.3 is 15.0 Å². The normalized spacial score (nSPS) is 19.8. The lowest BCUT2D eigenvalue weighted by Crippen LogP contribution is -2.57. The Bertz CT molecular complexity index is 659. The molecule has 0 bridgehead atoms. The van der Waals surface area contributed by atoms with Gasteiger partial charge in [0.15, 0.2) is 15.8 Å². The largest absolute Gasteiger partial charge is 0.490 e. The van der Waals surface area contributed by atoms with Gasteiger partial charge >= 0.3 is 0 Å². The Morgan fingerprint density at radius 3 is 2.92 bits per heavy atom. The van der Waals surface area contributed by atoms with Gasteiger partial charge in [-0.25, -0.2) is 13.4 Å². The van der Waals surface area contributed by atoms with Gasteiger partial charge in [-0.15, -0.1) is 0 Å². The summed E-state index contributed by atoms with van der Waals surface area (Å²) in [5, 5.41) is 3.23. The Balaban J connectivity index is 1.96. The lowest BCUT2D eigenvalue weighted by atomic mass is 10.2. The summed E-state index contributed by atoms with van der Waals surface area (Å²) in [5.41, 5.74) is 0. The predicted octanol–water partition coefficient (Wildman–Crippen LogP) is 0.935. The highest BCUT2D eigenvalue weighted by atomic mass is 32.2. The van der Waals surface area contributed by atoms with Crippen LogP contribution in [0, 0.1) is 0 Å². The van der Waals surface area contributed by atoms with Crippen molar-refractivity contribution in [3.8, 4) is 5.75 Å². The highest BCUT2D eigenvalue weighted by molar-refractivity contribution is 7.92. The molecule has 24 heavy (non-hydrogen) atoms. The maximum atomic E-state index is 12.1. The summed E-state index contributed by atoms with van der Waals surface area (Å²) >= 11 is 0. The molecule has 0 saturated carbocycles. The van der Waals surface area contributed by atoms with Crippen LogP contribution in [0.1, 0.15) is 20.8 Å². The molecule has 0 unspecified atom stereocenters. The van der Waals surface area contributed by atoms with Gasteiger partial charge in [-0.1, -0.05) is 0 Å². The van der Waals surface area contributed by atoms with Crippen LogP contribution in [0.25, 0.3) is 0 Å². The van der Waals surface area contributed by atoms with Crippen LogP contribution in [0.2, 0.25) is 0 Å². The zero-order valence-electron chi connectivity index (χ0n) is 14.5. The first-order chi connectivity index (χ1) is 11.4. The molecule has 0 aliphatic carbocycles. The Labute approximate surface area is 144 Å². The van der Waals surface area contributed by atoms with Crippen LogP contribution in [0.4, 0.5) is 0 Å². The number of rotatable bonds is 5. The molecule has 1 saturated heterocycles. The molecular weight excluding hydrogens is 328 g/mol. The summed E-state index contributed by atoms with van der Waals surface area (Å²) in [5.74, 6) is 1.59. The molecular formula is C16H26N4O3S. The molecule has 7 nitrogen and oxygen atoms in total. The number of sulfone groups is 1. The highest BCUT2D eigenvalue weighted by Crippen LogP contribution is 2.23. The molecule has 0 aromatic carbocycles. The van der Waals surface area contributed by atoms with Crippen molar-refractivity contribution in [1.82, 2.24) is 15.2 Å². The minimum Gasteiger partial charge on any atom is -0.490 e. The van der Waals surface area contributed by atoms with Crippen molar-refractivity contribution < 1.29 is 13.2 Å². The number of hydrogen-bond acceptors (Lipinski definition) is 5. The van der Waals surface area contributed by atoms with Crippen molar-refractivity contribution in [3.63, 3.8) is 0 Å². The Hall–Kier alpha value is -1.83. The van der Waals surface area contributed by atoms with Crippen LogP contribution in [0.3, 0.4) is 0 Å². The van der Waals surface area contributed by atoms with Gasteiger partial charge in [0.1, 0.15) is 12.4 Å². The van der Waals surface area contributed by atoms with Gasteiger partial charge in [0.2, 0.25) is 0 Å². The van der Waals surface area contributed by atoms with Crippen LogP contribution in [0.15, 0.2) is 29.5 Å². The minimum absolute atomic E-state index is 0.149. The first-order valence-electron chi connectivity index (χ1n) is 8.14. The van der Waals surface area contributed by atoms with Gasteiger partial charge in [-0.3, -0.25) is 4.98 Å². The molecule has 0 atom stereocenters. The Kier molecular flexibility index (Phi) is 6.04. The monoisotopic (exact) mass is 354 g/mol. The maximum Gasteiger partial charge on any atom is 0.194 e. The predicted molar refractivity (Wildman–Crippen MR) is 95.1 cm³/mol. The van der Waals surface area contributed by atoms with E-state index in [9.17, 15) is 8.42 Å². The lowest BCUT2D eigenvalue weighted by Gasteiger charge is -2.39. The van der Waals surface area contributed by atoms with Gasteiger partial charge in [-0.2, -0.15) is 0 Å². The van der Waals surface area contributed by atoms with E-state index in [1.165, 1.54) is 0 Å². The number of ether oxygens (including phenoxy) is 1. The van der Waals surface area contributed by atoms with E-state index in [4.69, 9.17) is 4.74 Å². The van der Waals surface area contributed by atoms with E-state index in [0.717, 1.165) is 12.5 Å². The number of aliphatic imine (C=N–C) groups is 1. The summed E-state index contributed by atoms with van der Waals surface area (Å²) in [6.07, 6.45) is 3.35. The van der Waals surface area contributed by atoms with E-state index in [1.54, 1.807) is 26.2 Å². The molecule has 1 fully saturated rings. The van der Waals surface area contributed by atoms with E-state index in [-0.39, 0.29) is 5.75 Å². The molecule has 2 rings (SSSR count). The Morgan fingerprint density at radius 2 is 2.29 bits per heavy atom. The van der Waals surface area contributed by atoms with Crippen molar-refractivity contribution in [1.29, 1.82) is 0 Å². The van der Waals surface area contributed by atoms with E-state index in [1.807, 2.05) is 24.0 Å². The van der Waals surface area contributed by atoms with Crippen molar-refractivity contribution in [2.24, 2.45) is 4.99 Å². The number of aromatic nitrogens is 1. The van der Waals surface area contributed by atoms with E-state index in [0.29, 0.717) is 32.0 Å². The third-order valence-corrected chi connectivity index (χ3v) is 6.47. The van der Waals surface area contributed by atoms with E-state index < -0.39 is 14.6 Å². The molecule has 134 valence electrons. The average molecular weight is 354 g/mol. The second kappa shape index (κ2) is 7.83. The molecule has 1 aliphatic heterocycles. The van der Waals surface area contributed by atoms with Crippen LogP contribution in [-0.2, 0) is 9.84 Å². The minimum atomic E-state index is -3.06. The third kappa shape index (κ3) is 4.59. The third-order valence-electron chi connectivity index (χ3n) is 3.93. The van der Waals surface area contributed by atoms with Crippen molar-refractivity contribution in [2.45, 2.75) is 25.5 Å². The molecule has 1 aromatic rings. The fraction of sp³-hybridized carbons (Fsp3) is 0.625. The van der Waals surface area contributed by atoms with Gasteiger partial charge in [0.25, 0.3) is 0 Å². The van der Waals surface area contributed by atoms with E-state index >= 15 is 0 Å². The highest BCUT2D eigenvalue weighted by Gasteiger charge is 2.40. The summed E-state index contributed by atoms with van der Waals surface area (Å²) in [6, 6.07) is 3.67. The molecule has 1 aliphatic rings. The van der Waals surface area contributed by atoms with Gasteiger partial charge in [-0.05, 0) is 32.9 Å². The molecule has 0 radical (unpaired) electrons. The summed E-state index contributed by atoms with van der Waals surface area (Å²) in [4.78, 5) is 10.6. The molecule has 0 amide bonds. The summed E-state index contributed by atoms with van der Waals surface area (Å²) in [6.45, 7) is 8.08. The van der Waals surface area contributed by atoms with Crippen LogP contribution in [-0.4, -0.2) is 67.5 Å². The van der Waals surface area contributed by atoms with Crippen molar-refractivity contribution in [2.75, 3.05) is 38.5 Å². The zero-order valence-corrected chi connectivity index (χ0v) is 15.3. The average Bonchev–Trinajstić information content (AvgIpc) is 2.54. The second-order valence-electron chi connectivity index (χ2n) is 6.27. The topological polar surface area (TPSA) is 83.9 Å². The number of guanidine groups is 1. The molecule has 2 heterocycles.